The fraction of sp³-hybridized carbons (Fsp3) is 0.364. The van der Waals surface area contributed by atoms with Crippen LogP contribution in [0.5, 0.6) is 11.5 Å². The van der Waals surface area contributed by atoms with Crippen molar-refractivity contribution in [3.05, 3.63) is 58.6 Å². The predicted molar refractivity (Wildman–Crippen MR) is 118 cm³/mol. The molecule has 30 heavy (non-hydrogen) atoms. The number of amidine groups is 1. The molecule has 0 unspecified atom stereocenters. The monoisotopic (exact) mass is 443 g/mol. The van der Waals surface area contributed by atoms with Crippen LogP contribution < -0.4 is 4.74 Å². The van der Waals surface area contributed by atoms with Crippen LogP contribution in [0.25, 0.3) is 0 Å². The number of hydrogen-bond acceptors (Lipinski definition) is 6. The molecule has 2 N–H and O–H groups in total. The van der Waals surface area contributed by atoms with E-state index in [9.17, 15) is 9.11 Å². The molecule has 3 fully saturated rings. The first-order valence-electron chi connectivity index (χ1n) is 10.0. The summed E-state index contributed by atoms with van der Waals surface area (Å²) in [7, 11) is -2.90. The molecular formula is C22H22ClN3O3S. The van der Waals surface area contributed by atoms with Gasteiger partial charge in [-0.25, -0.2) is 0 Å². The minimum Gasteiger partial charge on any atom is -0.456 e. The third-order valence-corrected chi connectivity index (χ3v) is 7.99. The van der Waals surface area contributed by atoms with E-state index in [1.54, 1.807) is 18.2 Å². The zero-order valence-electron chi connectivity index (χ0n) is 16.3. The van der Waals surface area contributed by atoms with Crippen molar-refractivity contribution in [3.63, 3.8) is 0 Å². The lowest BCUT2D eigenvalue weighted by molar-refractivity contribution is 0.150. The van der Waals surface area contributed by atoms with Gasteiger partial charge in [0.25, 0.3) is 0 Å². The van der Waals surface area contributed by atoms with Gasteiger partial charge in [-0.05, 0) is 55.5 Å². The second-order valence-electron chi connectivity index (χ2n) is 8.14. The van der Waals surface area contributed by atoms with Crippen molar-refractivity contribution in [3.8, 4) is 17.6 Å². The number of nitrogens with zero attached hydrogens (tertiary/aromatic N) is 3. The quantitative estimate of drug-likeness (QED) is 0.646. The van der Waals surface area contributed by atoms with Gasteiger partial charge in [-0.1, -0.05) is 34.5 Å². The minimum absolute atomic E-state index is 0.282. The SMILES string of the molecule is N#Cc1ccc(Cl)c(Oc2ccc(C34CCC(CC3)N3CCS(O)(O)N=C34)cc2)c1. The first-order valence-corrected chi connectivity index (χ1v) is 12.1. The Hall–Kier alpha value is -2.24. The van der Waals surface area contributed by atoms with Gasteiger partial charge in [0.2, 0.25) is 0 Å². The first-order chi connectivity index (χ1) is 14.4. The molecule has 6 rings (SSSR count). The maximum absolute atomic E-state index is 10.2. The average molecular weight is 444 g/mol. The molecule has 0 spiro atoms. The number of benzene rings is 2. The van der Waals surface area contributed by atoms with E-state index in [2.05, 4.69) is 15.4 Å². The van der Waals surface area contributed by atoms with Gasteiger partial charge in [-0.2, -0.15) is 5.26 Å². The number of nitriles is 1. The zero-order chi connectivity index (χ0) is 20.9. The highest BCUT2D eigenvalue weighted by Crippen LogP contribution is 2.54. The zero-order valence-corrected chi connectivity index (χ0v) is 17.9. The molecule has 2 aromatic carbocycles. The molecular weight excluding hydrogens is 422 g/mol. The molecule has 3 aliphatic heterocycles. The first kappa shape index (κ1) is 19.7. The summed E-state index contributed by atoms with van der Waals surface area (Å²) in [4.78, 5) is 2.29. The van der Waals surface area contributed by atoms with Crippen LogP contribution in [0.4, 0.5) is 0 Å². The third kappa shape index (κ3) is 3.25. The van der Waals surface area contributed by atoms with Gasteiger partial charge in [0, 0.05) is 18.7 Å². The van der Waals surface area contributed by atoms with Crippen LogP contribution in [0.15, 0.2) is 46.9 Å². The molecule has 0 radical (unpaired) electrons. The Labute approximate surface area is 182 Å². The Kier molecular flexibility index (Phi) is 4.71. The maximum atomic E-state index is 10.2. The van der Waals surface area contributed by atoms with Crippen molar-refractivity contribution in [2.75, 3.05) is 12.3 Å². The van der Waals surface area contributed by atoms with E-state index in [1.807, 2.05) is 24.3 Å². The van der Waals surface area contributed by atoms with Gasteiger partial charge in [0.05, 0.1) is 27.8 Å². The van der Waals surface area contributed by atoms with Gasteiger partial charge >= 0.3 is 0 Å². The van der Waals surface area contributed by atoms with E-state index in [0.29, 0.717) is 40.4 Å². The normalized spacial score (nSPS) is 27.6. The van der Waals surface area contributed by atoms with Crippen molar-refractivity contribution in [2.24, 2.45) is 4.40 Å². The molecule has 156 valence electrons. The molecule has 0 atom stereocenters. The van der Waals surface area contributed by atoms with Crippen molar-refractivity contribution in [1.82, 2.24) is 4.90 Å². The predicted octanol–water partition coefficient (Wildman–Crippen LogP) is 5.58. The van der Waals surface area contributed by atoms with Gasteiger partial charge in [0.15, 0.2) is 0 Å². The van der Waals surface area contributed by atoms with Crippen LogP contribution in [-0.4, -0.2) is 38.2 Å². The molecule has 1 aliphatic carbocycles. The van der Waals surface area contributed by atoms with Crippen LogP contribution in [0.2, 0.25) is 5.02 Å². The Balaban J connectivity index is 1.47. The molecule has 1 saturated carbocycles. The van der Waals surface area contributed by atoms with E-state index >= 15 is 0 Å². The Morgan fingerprint density at radius 2 is 1.90 bits per heavy atom. The summed E-state index contributed by atoms with van der Waals surface area (Å²) in [6, 6.07) is 15.3. The largest absolute Gasteiger partial charge is 0.456 e. The van der Waals surface area contributed by atoms with Crippen molar-refractivity contribution >= 4 is 28.2 Å². The standard InChI is InChI=1S/C22H22ClN3O3S/c23-19-6-1-15(14-24)13-20(19)29-18-4-2-16(3-5-18)22-9-7-17(8-10-22)26-11-12-30(27,28)25-21(22)26/h1-6,13,17,27-28H,7-12H2. The topological polar surface area (TPSA) is 89.1 Å². The Bertz CT molecular complexity index is 1060. The highest BCUT2D eigenvalue weighted by atomic mass is 35.5. The summed E-state index contributed by atoms with van der Waals surface area (Å²) in [6.45, 7) is 0.655. The molecule has 4 aliphatic rings. The highest BCUT2D eigenvalue weighted by molar-refractivity contribution is 8.23. The third-order valence-electron chi connectivity index (χ3n) is 6.48. The van der Waals surface area contributed by atoms with E-state index in [1.165, 1.54) is 0 Å². The molecule has 6 nitrogen and oxygen atoms in total. The lowest BCUT2D eigenvalue weighted by Gasteiger charge is -2.57. The van der Waals surface area contributed by atoms with E-state index in [0.717, 1.165) is 37.1 Å². The Morgan fingerprint density at radius 1 is 1.17 bits per heavy atom. The lowest BCUT2D eigenvalue weighted by Crippen LogP contribution is -2.62. The summed E-state index contributed by atoms with van der Waals surface area (Å²) in [5, 5.41) is 9.54. The molecule has 0 amide bonds. The van der Waals surface area contributed by atoms with E-state index in [4.69, 9.17) is 21.6 Å². The van der Waals surface area contributed by atoms with Crippen molar-refractivity contribution in [1.29, 1.82) is 5.26 Å². The van der Waals surface area contributed by atoms with E-state index in [-0.39, 0.29) is 5.41 Å². The molecule has 0 aromatic heterocycles. The number of rotatable bonds is 3. The van der Waals surface area contributed by atoms with Crippen LogP contribution in [-0.2, 0) is 5.41 Å². The maximum Gasteiger partial charge on any atom is 0.147 e. The number of ether oxygens (including phenoxy) is 1. The highest BCUT2D eigenvalue weighted by Gasteiger charge is 2.52. The molecule has 8 heteroatoms. The van der Waals surface area contributed by atoms with Gasteiger partial charge in [0.1, 0.15) is 17.3 Å². The minimum atomic E-state index is -2.90. The van der Waals surface area contributed by atoms with Crippen LogP contribution >= 0.6 is 22.4 Å². The van der Waals surface area contributed by atoms with Gasteiger partial charge in [-0.15, -0.1) is 4.40 Å². The lowest BCUT2D eigenvalue weighted by atomic mass is 9.63. The molecule has 2 saturated heterocycles. The van der Waals surface area contributed by atoms with Crippen LogP contribution in [0.1, 0.15) is 36.8 Å². The van der Waals surface area contributed by atoms with Gasteiger partial charge < -0.3 is 9.64 Å². The number of piperidine rings is 2. The fourth-order valence-corrected chi connectivity index (χ4v) is 6.20. The summed E-state index contributed by atoms with van der Waals surface area (Å²) in [5.74, 6) is 2.23. The fourth-order valence-electron chi connectivity index (χ4n) is 4.95. The van der Waals surface area contributed by atoms with Crippen LogP contribution in [0.3, 0.4) is 0 Å². The second kappa shape index (κ2) is 7.17. The van der Waals surface area contributed by atoms with E-state index < -0.39 is 10.8 Å². The summed E-state index contributed by atoms with van der Waals surface area (Å²) < 4.78 is 30.9. The van der Waals surface area contributed by atoms with Crippen LogP contribution in [0, 0.1) is 11.3 Å². The molecule has 2 bridgehead atoms. The number of fused-ring (bicyclic) bond motifs is 2. The van der Waals surface area contributed by atoms with Crippen molar-refractivity contribution in [2.45, 2.75) is 37.1 Å². The Morgan fingerprint density at radius 3 is 2.60 bits per heavy atom. The average Bonchev–Trinajstić information content (AvgIpc) is 2.76. The summed E-state index contributed by atoms with van der Waals surface area (Å²) in [6.07, 6.45) is 4.09. The summed E-state index contributed by atoms with van der Waals surface area (Å²) in [5.41, 5.74) is 1.32. The summed E-state index contributed by atoms with van der Waals surface area (Å²) >= 11 is 6.21. The number of halogens is 1. The molecule has 3 heterocycles. The smallest absolute Gasteiger partial charge is 0.147 e. The van der Waals surface area contributed by atoms with Gasteiger partial charge in [-0.3, -0.25) is 9.11 Å². The van der Waals surface area contributed by atoms with Crippen molar-refractivity contribution < 1.29 is 13.8 Å². The molecule has 2 aromatic rings. The number of hydrogen-bond donors (Lipinski definition) is 2. The second-order valence-corrected chi connectivity index (χ2v) is 10.4.